The number of aryl methyl sites for hydroxylation is 1. The van der Waals surface area contributed by atoms with Crippen LogP contribution < -0.4 is 4.74 Å². The van der Waals surface area contributed by atoms with Gasteiger partial charge in [-0.3, -0.25) is 4.98 Å². The van der Waals surface area contributed by atoms with Crippen molar-refractivity contribution in [3.63, 3.8) is 0 Å². The third-order valence-electron chi connectivity index (χ3n) is 3.74. The maximum atomic E-state index is 14.3. The number of alkyl halides is 2. The van der Waals surface area contributed by atoms with Crippen LogP contribution in [0.2, 0.25) is 0 Å². The first kappa shape index (κ1) is 22.2. The molecule has 2 aromatic carbocycles. The highest BCUT2D eigenvalue weighted by Crippen LogP contribution is 2.37. The molecule has 9 heteroatoms. The predicted molar refractivity (Wildman–Crippen MR) is 91.9 cm³/mol. The van der Waals surface area contributed by atoms with Gasteiger partial charge in [0, 0.05) is 23.9 Å². The molecule has 154 valence electrons. The fourth-order valence-corrected chi connectivity index (χ4v) is 2.43. The van der Waals surface area contributed by atoms with Crippen molar-refractivity contribution in [2.24, 2.45) is 0 Å². The molecule has 29 heavy (non-hydrogen) atoms. The van der Waals surface area contributed by atoms with E-state index in [4.69, 9.17) is 0 Å². The van der Waals surface area contributed by atoms with E-state index in [-0.39, 0.29) is 30.8 Å². The summed E-state index contributed by atoms with van der Waals surface area (Å²) in [5, 5.41) is 0. The van der Waals surface area contributed by atoms with Gasteiger partial charge >= 0.3 is 6.11 Å². The maximum absolute atomic E-state index is 14.3. The number of hydrogen-bond acceptors (Lipinski definition) is 2. The van der Waals surface area contributed by atoms with Crippen molar-refractivity contribution in [3.8, 4) is 17.0 Å². The zero-order valence-electron chi connectivity index (χ0n) is 14.0. The van der Waals surface area contributed by atoms with Gasteiger partial charge in [-0.05, 0) is 30.7 Å². The van der Waals surface area contributed by atoms with Crippen LogP contribution >= 0.6 is 0 Å². The summed E-state index contributed by atoms with van der Waals surface area (Å²) in [4.78, 5) is 3.95. The summed E-state index contributed by atoms with van der Waals surface area (Å²) in [5.74, 6) is -9.97. The Balaban J connectivity index is 0.00000300. The van der Waals surface area contributed by atoms with Gasteiger partial charge in [0.2, 0.25) is 0 Å². The first-order valence-corrected chi connectivity index (χ1v) is 7.72. The molecule has 0 N–H and O–H groups in total. The van der Waals surface area contributed by atoms with Gasteiger partial charge < -0.3 is 4.74 Å². The van der Waals surface area contributed by atoms with Gasteiger partial charge in [-0.2, -0.15) is 8.78 Å². The molecule has 0 radical (unpaired) electrons. The minimum absolute atomic E-state index is 0. The van der Waals surface area contributed by atoms with Crippen LogP contribution in [0.1, 0.15) is 18.6 Å². The van der Waals surface area contributed by atoms with E-state index in [0.717, 1.165) is 5.56 Å². The number of hydrogen-bond donors (Lipinski definition) is 0. The number of halogens is 7. The average Bonchev–Trinajstić information content (AvgIpc) is 2.59. The summed E-state index contributed by atoms with van der Waals surface area (Å²) in [7, 11) is 0. The molecule has 0 spiro atoms. The number of nitrogens with zero attached hydrogens (tertiary/aromatic N) is 1. The number of rotatable bonds is 4. The summed E-state index contributed by atoms with van der Waals surface area (Å²) in [6, 6.07) is 4.57. The van der Waals surface area contributed by atoms with Crippen molar-refractivity contribution >= 4 is 0 Å². The molecule has 1 heterocycles. The van der Waals surface area contributed by atoms with Gasteiger partial charge in [0.05, 0.1) is 5.69 Å². The van der Waals surface area contributed by atoms with Crippen LogP contribution in [0.4, 0.5) is 30.7 Å². The molecule has 3 aromatic rings. The summed E-state index contributed by atoms with van der Waals surface area (Å²) in [5.41, 5.74) is -0.955. The van der Waals surface area contributed by atoms with E-state index < -0.39 is 46.5 Å². The first-order chi connectivity index (χ1) is 13.1. The lowest BCUT2D eigenvalue weighted by molar-refractivity contribution is -0.189. The quantitative estimate of drug-likeness (QED) is 0.356. The van der Waals surface area contributed by atoms with Crippen LogP contribution in [-0.4, -0.2) is 4.98 Å². The van der Waals surface area contributed by atoms with Crippen LogP contribution in [0.5, 0.6) is 5.75 Å². The second-order valence-electron chi connectivity index (χ2n) is 5.86. The predicted octanol–water partition coefficient (Wildman–Crippen LogP) is 6.52. The van der Waals surface area contributed by atoms with Crippen LogP contribution in [0.15, 0.2) is 42.6 Å². The van der Waals surface area contributed by atoms with Gasteiger partial charge in [0.15, 0.2) is 17.5 Å². The fraction of sp³-hybridized carbons (Fsp3) is 0.150. The van der Waals surface area contributed by atoms with Crippen LogP contribution in [-0.2, 0) is 6.11 Å². The third-order valence-corrected chi connectivity index (χ3v) is 3.74. The van der Waals surface area contributed by atoms with Gasteiger partial charge in [0.25, 0.3) is 0 Å². The molecule has 0 amide bonds. The van der Waals surface area contributed by atoms with Crippen LogP contribution in [0.25, 0.3) is 11.3 Å². The Morgan fingerprint density at radius 1 is 0.828 bits per heavy atom. The van der Waals surface area contributed by atoms with Gasteiger partial charge in [0.1, 0.15) is 22.9 Å². The Hall–Kier alpha value is -3.10. The highest BCUT2D eigenvalue weighted by atomic mass is 19.3. The normalized spacial score (nSPS) is 11.2. The second kappa shape index (κ2) is 8.10. The zero-order chi connectivity index (χ0) is 20.6. The van der Waals surface area contributed by atoms with Crippen LogP contribution in [0, 0.1) is 36.0 Å². The third kappa shape index (κ3) is 4.49. The van der Waals surface area contributed by atoms with Crippen LogP contribution in [0.3, 0.4) is 0 Å². The smallest absolute Gasteiger partial charge is 0.429 e. The van der Waals surface area contributed by atoms with Gasteiger partial charge in [-0.15, -0.1) is 0 Å². The van der Waals surface area contributed by atoms with Gasteiger partial charge in [-0.25, -0.2) is 22.0 Å². The van der Waals surface area contributed by atoms with Crippen molar-refractivity contribution in [3.05, 3.63) is 82.8 Å². The van der Waals surface area contributed by atoms with Crippen molar-refractivity contribution in [2.45, 2.75) is 20.5 Å². The van der Waals surface area contributed by atoms with E-state index in [1.54, 1.807) is 13.0 Å². The Morgan fingerprint density at radius 3 is 1.86 bits per heavy atom. The monoisotopic (exact) mass is 417 g/mol. The minimum atomic E-state index is -4.63. The molecule has 0 aliphatic heterocycles. The number of aromatic nitrogens is 1. The minimum Gasteiger partial charge on any atom is -0.429 e. The molecular weight excluding hydrogens is 403 g/mol. The summed E-state index contributed by atoms with van der Waals surface area (Å²) >= 11 is 0. The first-order valence-electron chi connectivity index (χ1n) is 7.72. The van der Waals surface area contributed by atoms with Crippen molar-refractivity contribution < 1.29 is 35.5 Å². The van der Waals surface area contributed by atoms with E-state index in [1.807, 2.05) is 0 Å². The fourth-order valence-electron chi connectivity index (χ4n) is 2.43. The lowest BCUT2D eigenvalue weighted by atomic mass is 10.1. The number of ether oxygens (including phenoxy) is 1. The maximum Gasteiger partial charge on any atom is 0.432 e. The lowest BCUT2D eigenvalue weighted by Gasteiger charge is -2.20. The molecule has 0 saturated carbocycles. The highest BCUT2D eigenvalue weighted by molar-refractivity contribution is 5.60. The number of pyridine rings is 1. The van der Waals surface area contributed by atoms with E-state index in [2.05, 4.69) is 9.72 Å². The molecule has 0 aliphatic rings. The summed E-state index contributed by atoms with van der Waals surface area (Å²) in [6.45, 7) is 1.74. The molecule has 0 atom stereocenters. The topological polar surface area (TPSA) is 22.1 Å². The highest BCUT2D eigenvalue weighted by Gasteiger charge is 2.41. The second-order valence-corrected chi connectivity index (χ2v) is 5.86. The standard InChI is InChI=1S/C19H10F7NO.CH4/c1-9-2-3-16(27-8-9)10-4-12(20)17(13(21)5-10)19(25,26)28-11-6-14(22)18(24)15(23)7-11;/h2-8H,1H3;1H4. The molecule has 0 saturated heterocycles. The van der Waals surface area contributed by atoms with Crippen molar-refractivity contribution in [1.82, 2.24) is 4.98 Å². The molecule has 2 nitrogen and oxygen atoms in total. The van der Waals surface area contributed by atoms with Gasteiger partial charge in [-0.1, -0.05) is 13.5 Å². The van der Waals surface area contributed by atoms with E-state index in [9.17, 15) is 30.7 Å². The SMILES string of the molecule is C.Cc1ccc(-c2cc(F)c(C(F)(F)Oc3cc(F)c(F)c(F)c3)c(F)c2)nc1. The zero-order valence-corrected chi connectivity index (χ0v) is 14.0. The molecule has 0 aliphatic carbocycles. The number of benzene rings is 2. The average molecular weight is 417 g/mol. The Kier molecular flexibility index (Phi) is 6.20. The van der Waals surface area contributed by atoms with E-state index in [1.165, 1.54) is 12.3 Å². The lowest BCUT2D eigenvalue weighted by Crippen LogP contribution is -2.25. The molecule has 1 aromatic heterocycles. The molecular formula is C20H14F7NO. The summed E-state index contributed by atoms with van der Waals surface area (Å²) < 4.78 is 100. The summed E-state index contributed by atoms with van der Waals surface area (Å²) in [6.07, 6.45) is -3.21. The van der Waals surface area contributed by atoms with Crippen molar-refractivity contribution in [1.29, 1.82) is 0 Å². The van der Waals surface area contributed by atoms with E-state index >= 15 is 0 Å². The Morgan fingerprint density at radius 2 is 1.38 bits per heavy atom. The molecule has 0 bridgehead atoms. The Labute approximate surface area is 161 Å². The Bertz CT molecular complexity index is 989. The molecule has 3 rings (SSSR count). The van der Waals surface area contributed by atoms with Crippen molar-refractivity contribution in [2.75, 3.05) is 0 Å². The van der Waals surface area contributed by atoms with E-state index in [0.29, 0.717) is 12.1 Å². The largest absolute Gasteiger partial charge is 0.432 e. The molecule has 0 unspecified atom stereocenters. The molecule has 0 fully saturated rings.